The molecule has 0 aliphatic heterocycles. The van der Waals surface area contributed by atoms with Crippen LogP contribution in [0.1, 0.15) is 53.8 Å². The van der Waals surface area contributed by atoms with Crippen molar-refractivity contribution in [3.8, 4) is 0 Å². The molecule has 1 unspecified atom stereocenters. The number of aromatic nitrogens is 1. The van der Waals surface area contributed by atoms with Gasteiger partial charge < -0.3 is 10.5 Å². The molecule has 4 rings (SSSR count). The number of ketones is 2. The van der Waals surface area contributed by atoms with Gasteiger partial charge in [0.15, 0.2) is 11.6 Å². The minimum atomic E-state index is -0.560. The quantitative estimate of drug-likeness (QED) is 0.273. The molecule has 6 nitrogen and oxygen atoms in total. The van der Waals surface area contributed by atoms with Gasteiger partial charge in [-0.2, -0.15) is 0 Å². The zero-order valence-corrected chi connectivity index (χ0v) is 19.0. The number of benzene rings is 3. The summed E-state index contributed by atoms with van der Waals surface area (Å²) in [5, 5.41) is 0. The van der Waals surface area contributed by atoms with Crippen molar-refractivity contribution in [2.45, 2.75) is 12.5 Å². The predicted octanol–water partition coefficient (Wildman–Crippen LogP) is 4.37. The van der Waals surface area contributed by atoms with Crippen LogP contribution in [-0.2, 0) is 16.1 Å². The first-order chi connectivity index (χ1) is 16.6. The van der Waals surface area contributed by atoms with E-state index in [0.717, 1.165) is 4.88 Å². The lowest BCUT2D eigenvalue weighted by Crippen LogP contribution is -2.20. The van der Waals surface area contributed by atoms with Gasteiger partial charge in [-0.3, -0.25) is 19.4 Å². The van der Waals surface area contributed by atoms with Crippen LogP contribution in [0.25, 0.3) is 0 Å². The fraction of sp³-hybridized carbons (Fsp3) is 0.111. The van der Waals surface area contributed by atoms with Crippen LogP contribution in [0.3, 0.4) is 0 Å². The largest absolute Gasteiger partial charge is 0.467 e. The first-order valence-electron chi connectivity index (χ1n) is 10.6. The lowest BCUT2D eigenvalue weighted by atomic mass is 9.82. The summed E-state index contributed by atoms with van der Waals surface area (Å²) < 4.78 is 5.16. The lowest BCUT2D eigenvalue weighted by Gasteiger charge is -2.22. The zero-order chi connectivity index (χ0) is 23.9. The third-order valence-electron chi connectivity index (χ3n) is 5.51. The van der Waals surface area contributed by atoms with Gasteiger partial charge in [-0.25, -0.2) is 0 Å². The Morgan fingerprint density at radius 3 is 1.94 bits per heavy atom. The molecule has 0 fully saturated rings. The minimum absolute atomic E-state index is 0.0438. The third-order valence-corrected chi connectivity index (χ3v) is 6.40. The van der Waals surface area contributed by atoms with Crippen molar-refractivity contribution >= 4 is 29.4 Å². The Balaban J connectivity index is 2.00. The van der Waals surface area contributed by atoms with E-state index in [2.05, 4.69) is 4.98 Å². The number of carbonyl (C=O) groups is 3. The summed E-state index contributed by atoms with van der Waals surface area (Å²) in [4.78, 5) is 43.5. The fourth-order valence-electron chi connectivity index (χ4n) is 3.91. The summed E-state index contributed by atoms with van der Waals surface area (Å²) in [6.07, 6.45) is 1.66. The number of carbonyl (C=O) groups excluding carboxylic acids is 3. The molecular weight excluding hydrogens is 448 g/mol. The van der Waals surface area contributed by atoms with Crippen LogP contribution in [0.2, 0.25) is 0 Å². The average Bonchev–Trinajstić information content (AvgIpc) is 3.43. The van der Waals surface area contributed by atoms with E-state index in [9.17, 15) is 14.4 Å². The molecule has 0 aliphatic rings. The molecule has 7 heteroatoms. The molecule has 0 spiro atoms. The molecule has 1 heterocycles. The van der Waals surface area contributed by atoms with Gasteiger partial charge in [-0.1, -0.05) is 60.7 Å². The topological polar surface area (TPSA) is 99.4 Å². The lowest BCUT2D eigenvalue weighted by molar-refractivity contribution is -0.128. The highest BCUT2D eigenvalue weighted by molar-refractivity contribution is 7.09. The highest BCUT2D eigenvalue weighted by Gasteiger charge is 2.30. The molecule has 1 aromatic heterocycles. The molecule has 2 N–H and O–H groups in total. The third kappa shape index (κ3) is 4.85. The second-order valence-corrected chi connectivity index (χ2v) is 8.50. The van der Waals surface area contributed by atoms with Crippen LogP contribution in [0.4, 0.5) is 0 Å². The maximum Gasteiger partial charge on any atom is 0.293 e. The molecule has 0 bridgehead atoms. The van der Waals surface area contributed by atoms with Crippen LogP contribution < -0.4 is 5.73 Å². The second kappa shape index (κ2) is 10.8. The molecule has 0 saturated heterocycles. The molecular formula is C27H22N2O4S. The van der Waals surface area contributed by atoms with E-state index in [-0.39, 0.29) is 24.7 Å². The average molecular weight is 471 g/mol. The maximum atomic E-state index is 13.7. The first-order valence-corrected chi connectivity index (χ1v) is 11.5. The molecule has 0 radical (unpaired) electrons. The van der Waals surface area contributed by atoms with Crippen LogP contribution in [0, 0.1) is 0 Å². The summed E-state index contributed by atoms with van der Waals surface area (Å²) in [6, 6.07) is 21.1. The van der Waals surface area contributed by atoms with Crippen LogP contribution in [0.5, 0.6) is 0 Å². The van der Waals surface area contributed by atoms with Gasteiger partial charge in [0, 0.05) is 39.9 Å². The smallest absolute Gasteiger partial charge is 0.293 e. The number of nitrogens with two attached hydrogens (primary N) is 1. The Kier molecular flexibility index (Phi) is 7.37. The first kappa shape index (κ1) is 23.2. The highest BCUT2D eigenvalue weighted by Crippen LogP contribution is 2.36. The van der Waals surface area contributed by atoms with Crippen molar-refractivity contribution in [1.82, 2.24) is 4.98 Å². The summed E-state index contributed by atoms with van der Waals surface area (Å²) >= 11 is 1.36. The molecule has 0 aliphatic carbocycles. The van der Waals surface area contributed by atoms with Gasteiger partial charge in [-0.05, 0) is 23.3 Å². The van der Waals surface area contributed by atoms with Gasteiger partial charge in [0.1, 0.15) is 6.61 Å². The second-order valence-electron chi connectivity index (χ2n) is 7.58. The molecule has 0 amide bonds. The Morgan fingerprint density at radius 2 is 1.50 bits per heavy atom. The van der Waals surface area contributed by atoms with Crippen molar-refractivity contribution in [3.63, 3.8) is 0 Å². The Hall–Kier alpha value is -3.94. The summed E-state index contributed by atoms with van der Waals surface area (Å²) in [5.41, 5.74) is 10.4. The van der Waals surface area contributed by atoms with Crippen LogP contribution in [-0.4, -0.2) is 29.6 Å². The summed E-state index contributed by atoms with van der Waals surface area (Å²) in [7, 11) is 0. The van der Waals surface area contributed by atoms with E-state index >= 15 is 0 Å². The number of hydrogen-bond donors (Lipinski definition) is 1. The van der Waals surface area contributed by atoms with Gasteiger partial charge in [0.25, 0.3) is 6.47 Å². The summed E-state index contributed by atoms with van der Waals surface area (Å²) in [5.74, 6) is -1.04. The Labute approximate surface area is 201 Å². The summed E-state index contributed by atoms with van der Waals surface area (Å²) in [6.45, 7) is 0.470. The standard InChI is InChI=1S/C27H22N2O4S/c28-13-18-11-21(26(31)19-7-3-1-4-8-19)25(23(15-33-17-30)24-14-29-16-34-24)22(12-18)27(32)20-9-5-2-6-10-20/h1-12,14,16-17,23H,13,15,28H2. The molecule has 1 atom stereocenters. The predicted molar refractivity (Wildman–Crippen MR) is 130 cm³/mol. The van der Waals surface area contributed by atoms with E-state index in [0.29, 0.717) is 39.9 Å². The Bertz CT molecular complexity index is 1220. The molecule has 3 aromatic carbocycles. The van der Waals surface area contributed by atoms with Crippen molar-refractivity contribution in [1.29, 1.82) is 0 Å². The fourth-order valence-corrected chi connectivity index (χ4v) is 4.63. The number of ether oxygens (including phenoxy) is 1. The van der Waals surface area contributed by atoms with Crippen LogP contribution >= 0.6 is 11.3 Å². The number of nitrogens with zero attached hydrogens (tertiary/aromatic N) is 1. The van der Waals surface area contributed by atoms with Crippen molar-refractivity contribution < 1.29 is 19.1 Å². The number of rotatable bonds is 10. The minimum Gasteiger partial charge on any atom is -0.467 e. The van der Waals surface area contributed by atoms with E-state index in [4.69, 9.17) is 10.5 Å². The highest BCUT2D eigenvalue weighted by atomic mass is 32.1. The zero-order valence-electron chi connectivity index (χ0n) is 18.2. The Morgan fingerprint density at radius 1 is 0.941 bits per heavy atom. The maximum absolute atomic E-state index is 13.7. The van der Waals surface area contributed by atoms with Gasteiger partial charge in [-0.15, -0.1) is 11.3 Å². The molecule has 34 heavy (non-hydrogen) atoms. The number of thiazole rings is 1. The van der Waals surface area contributed by atoms with E-state index < -0.39 is 5.92 Å². The van der Waals surface area contributed by atoms with Gasteiger partial charge in [0.2, 0.25) is 0 Å². The molecule has 4 aromatic rings. The van der Waals surface area contributed by atoms with Gasteiger partial charge >= 0.3 is 0 Å². The van der Waals surface area contributed by atoms with Gasteiger partial charge in [0.05, 0.1) is 11.4 Å². The van der Waals surface area contributed by atoms with Crippen molar-refractivity contribution in [2.24, 2.45) is 5.73 Å². The van der Waals surface area contributed by atoms with E-state index in [1.165, 1.54) is 11.3 Å². The van der Waals surface area contributed by atoms with E-state index in [1.54, 1.807) is 72.4 Å². The number of hydrogen-bond acceptors (Lipinski definition) is 7. The SMILES string of the molecule is NCc1cc(C(=O)c2ccccc2)c(C(COC=O)c2cncs2)c(C(=O)c2ccccc2)c1. The normalized spacial score (nSPS) is 11.6. The monoisotopic (exact) mass is 470 g/mol. The van der Waals surface area contributed by atoms with Crippen molar-refractivity contribution in [3.05, 3.63) is 123 Å². The van der Waals surface area contributed by atoms with Crippen LogP contribution in [0.15, 0.2) is 84.5 Å². The molecule has 170 valence electrons. The van der Waals surface area contributed by atoms with E-state index in [1.807, 2.05) is 12.1 Å². The molecule has 0 saturated carbocycles. The van der Waals surface area contributed by atoms with Crippen molar-refractivity contribution in [2.75, 3.05) is 6.61 Å².